The normalized spacial score (nSPS) is 11.9. The van der Waals surface area contributed by atoms with Gasteiger partial charge in [0.25, 0.3) is 0 Å². The second-order valence-corrected chi connectivity index (χ2v) is 6.19. The fourth-order valence-electron chi connectivity index (χ4n) is 2.26. The minimum atomic E-state index is 0.929. The zero-order chi connectivity index (χ0) is 14.7. The van der Waals surface area contributed by atoms with Crippen LogP contribution in [0.15, 0.2) is 73.9 Å². The molecule has 0 saturated carbocycles. The predicted octanol–water partition coefficient (Wildman–Crippen LogP) is 6.82. The van der Waals surface area contributed by atoms with Crippen LogP contribution in [0.3, 0.4) is 0 Å². The Kier molecular flexibility index (Phi) is 4.60. The second kappa shape index (κ2) is 6.62. The van der Waals surface area contributed by atoms with Gasteiger partial charge in [-0.1, -0.05) is 87.1 Å². The largest absolute Gasteiger partial charge is 0.463 e. The van der Waals surface area contributed by atoms with Crippen molar-refractivity contribution in [3.8, 4) is 11.1 Å². The third kappa shape index (κ3) is 3.14. The first-order valence-corrected chi connectivity index (χ1v) is 8.53. The van der Waals surface area contributed by atoms with Gasteiger partial charge in [0, 0.05) is 21.0 Å². The van der Waals surface area contributed by atoms with Crippen molar-refractivity contribution in [2.24, 2.45) is 0 Å². The highest BCUT2D eigenvalue weighted by Crippen LogP contribution is 2.32. The van der Waals surface area contributed by atoms with E-state index in [2.05, 4.69) is 74.9 Å². The third-order valence-corrected chi connectivity index (χ3v) is 4.19. The number of halogens is 2. The van der Waals surface area contributed by atoms with E-state index < -0.39 is 0 Å². The van der Waals surface area contributed by atoms with Crippen molar-refractivity contribution in [3.63, 3.8) is 0 Å². The van der Waals surface area contributed by atoms with Crippen molar-refractivity contribution in [1.29, 1.82) is 0 Å². The molecule has 1 heterocycles. The van der Waals surface area contributed by atoms with Crippen molar-refractivity contribution in [3.05, 3.63) is 75.0 Å². The van der Waals surface area contributed by atoms with Crippen LogP contribution in [0.2, 0.25) is 0 Å². The molecule has 0 bridgehead atoms. The van der Waals surface area contributed by atoms with Gasteiger partial charge >= 0.3 is 0 Å². The molecular weight excluding hydrogens is 439 g/mol. The molecule has 1 aromatic heterocycles. The summed E-state index contributed by atoms with van der Waals surface area (Å²) in [4.78, 5) is 0. The molecule has 0 spiro atoms. The van der Waals surface area contributed by atoms with Crippen LogP contribution in [0.5, 0.6) is 0 Å². The van der Waals surface area contributed by atoms with Crippen LogP contribution < -0.4 is 0 Å². The average Bonchev–Trinajstić information content (AvgIpc) is 2.92. The Bertz CT molecular complexity index is 813. The molecule has 21 heavy (non-hydrogen) atoms. The summed E-state index contributed by atoms with van der Waals surface area (Å²) in [5.74, 6) is 0. The summed E-state index contributed by atoms with van der Waals surface area (Å²) >= 11 is 5.67. The van der Waals surface area contributed by atoms with Crippen molar-refractivity contribution in [1.82, 2.24) is 0 Å². The Balaban J connectivity index is 2.11. The SMILES string of the molecule is Brc1ccc(-c2cccc3c(/C=C\C=C/I)coc23)cc1. The number of benzene rings is 2. The quantitative estimate of drug-likeness (QED) is 0.315. The number of rotatable bonds is 3. The van der Waals surface area contributed by atoms with Gasteiger partial charge in [-0.15, -0.1) is 0 Å². The summed E-state index contributed by atoms with van der Waals surface area (Å²) in [7, 11) is 0. The number of fused-ring (bicyclic) bond motifs is 1. The van der Waals surface area contributed by atoms with Gasteiger partial charge in [0.15, 0.2) is 0 Å². The van der Waals surface area contributed by atoms with Gasteiger partial charge in [0.1, 0.15) is 5.58 Å². The molecule has 0 atom stereocenters. The first kappa shape index (κ1) is 14.6. The van der Waals surface area contributed by atoms with Crippen LogP contribution >= 0.6 is 38.5 Å². The molecule has 3 heteroatoms. The molecule has 0 aliphatic carbocycles. The fraction of sp³-hybridized carbons (Fsp3) is 0. The van der Waals surface area contributed by atoms with Crippen molar-refractivity contribution in [2.45, 2.75) is 0 Å². The molecule has 3 aromatic rings. The van der Waals surface area contributed by atoms with E-state index in [9.17, 15) is 0 Å². The van der Waals surface area contributed by atoms with Crippen LogP contribution in [-0.2, 0) is 0 Å². The maximum absolute atomic E-state index is 5.81. The smallest absolute Gasteiger partial charge is 0.142 e. The predicted molar refractivity (Wildman–Crippen MR) is 102 cm³/mol. The summed E-state index contributed by atoms with van der Waals surface area (Å²) in [5, 5.41) is 1.13. The fourth-order valence-corrected chi connectivity index (χ4v) is 2.77. The number of para-hydroxylation sites is 1. The van der Waals surface area contributed by atoms with E-state index in [1.165, 1.54) is 0 Å². The van der Waals surface area contributed by atoms with Gasteiger partial charge in [0.05, 0.1) is 6.26 Å². The lowest BCUT2D eigenvalue weighted by molar-refractivity contribution is 0.616. The molecular formula is C18H12BrIO. The minimum absolute atomic E-state index is 0.929. The third-order valence-electron chi connectivity index (χ3n) is 3.24. The van der Waals surface area contributed by atoms with E-state index in [-0.39, 0.29) is 0 Å². The van der Waals surface area contributed by atoms with Gasteiger partial charge in [-0.05, 0) is 21.8 Å². The van der Waals surface area contributed by atoms with Gasteiger partial charge in [-0.2, -0.15) is 0 Å². The number of furan rings is 1. The average molecular weight is 451 g/mol. The van der Waals surface area contributed by atoms with Crippen LogP contribution in [0.4, 0.5) is 0 Å². The van der Waals surface area contributed by atoms with Gasteiger partial charge in [0.2, 0.25) is 0 Å². The Labute approximate surface area is 145 Å². The molecule has 0 N–H and O–H groups in total. The first-order chi connectivity index (χ1) is 10.3. The molecule has 0 aliphatic heterocycles. The summed E-state index contributed by atoms with van der Waals surface area (Å²) < 4.78 is 8.86. The highest BCUT2D eigenvalue weighted by molar-refractivity contribution is 14.1. The number of hydrogen-bond acceptors (Lipinski definition) is 1. The van der Waals surface area contributed by atoms with E-state index in [0.29, 0.717) is 0 Å². The lowest BCUT2D eigenvalue weighted by Gasteiger charge is -2.03. The molecule has 2 aromatic carbocycles. The van der Waals surface area contributed by atoms with Crippen LogP contribution in [0.1, 0.15) is 5.56 Å². The monoisotopic (exact) mass is 450 g/mol. The summed E-state index contributed by atoms with van der Waals surface area (Å²) in [6.45, 7) is 0. The zero-order valence-corrected chi connectivity index (χ0v) is 14.8. The lowest BCUT2D eigenvalue weighted by Crippen LogP contribution is -1.79. The highest BCUT2D eigenvalue weighted by Gasteiger charge is 2.09. The Hall–Kier alpha value is -1.33. The molecule has 104 valence electrons. The highest BCUT2D eigenvalue weighted by atomic mass is 127. The Morgan fingerprint density at radius 2 is 1.81 bits per heavy atom. The summed E-state index contributed by atoms with van der Waals surface area (Å²) in [5.41, 5.74) is 4.29. The van der Waals surface area contributed by atoms with Crippen LogP contribution in [0, 0.1) is 0 Å². The Morgan fingerprint density at radius 3 is 2.57 bits per heavy atom. The molecule has 0 fully saturated rings. The molecule has 1 nitrogen and oxygen atoms in total. The van der Waals surface area contributed by atoms with E-state index in [4.69, 9.17) is 4.42 Å². The first-order valence-electron chi connectivity index (χ1n) is 6.49. The molecule has 0 unspecified atom stereocenters. The van der Waals surface area contributed by atoms with Crippen molar-refractivity contribution < 1.29 is 4.42 Å². The van der Waals surface area contributed by atoms with Crippen molar-refractivity contribution >= 4 is 55.6 Å². The molecule has 0 amide bonds. The van der Waals surface area contributed by atoms with Gasteiger partial charge in [-0.3, -0.25) is 0 Å². The molecule has 0 aliphatic rings. The van der Waals surface area contributed by atoms with Gasteiger partial charge in [-0.25, -0.2) is 0 Å². The molecule has 3 rings (SSSR count). The standard InChI is InChI=1S/C18H12BrIO/c19-15-9-7-13(8-10-15)16-5-3-6-17-14(4-1-2-11-20)12-21-18(16)17/h1-12H/b4-1-,11-2-. The topological polar surface area (TPSA) is 13.1 Å². The second-order valence-electron chi connectivity index (χ2n) is 4.56. The van der Waals surface area contributed by atoms with E-state index in [1.54, 1.807) is 0 Å². The van der Waals surface area contributed by atoms with Crippen molar-refractivity contribution in [2.75, 3.05) is 0 Å². The maximum atomic E-state index is 5.81. The number of allylic oxidation sites excluding steroid dienone is 2. The van der Waals surface area contributed by atoms with E-state index in [0.717, 1.165) is 32.1 Å². The Morgan fingerprint density at radius 1 is 1.00 bits per heavy atom. The zero-order valence-electron chi connectivity index (χ0n) is 11.1. The van der Waals surface area contributed by atoms with Crippen LogP contribution in [0.25, 0.3) is 28.2 Å². The lowest BCUT2D eigenvalue weighted by atomic mass is 10.0. The molecule has 0 saturated heterocycles. The summed E-state index contributed by atoms with van der Waals surface area (Å²) in [6.07, 6.45) is 7.89. The van der Waals surface area contributed by atoms with E-state index in [1.807, 2.05) is 34.6 Å². The van der Waals surface area contributed by atoms with E-state index >= 15 is 0 Å². The minimum Gasteiger partial charge on any atom is -0.463 e. The summed E-state index contributed by atoms with van der Waals surface area (Å²) in [6, 6.07) is 14.5. The maximum Gasteiger partial charge on any atom is 0.142 e. The molecule has 0 radical (unpaired) electrons. The van der Waals surface area contributed by atoms with Crippen LogP contribution in [-0.4, -0.2) is 0 Å². The number of hydrogen-bond donors (Lipinski definition) is 0. The van der Waals surface area contributed by atoms with Gasteiger partial charge < -0.3 is 4.42 Å².